The highest BCUT2D eigenvalue weighted by atomic mass is 16.3. The van der Waals surface area contributed by atoms with Gasteiger partial charge in [-0.15, -0.1) is 0 Å². The Morgan fingerprint density at radius 1 is 0.349 bits per heavy atom. The molecule has 4 heteroatoms. The number of benzene rings is 7. The van der Waals surface area contributed by atoms with Crippen molar-refractivity contribution in [3.8, 4) is 34.2 Å². The molecule has 0 aliphatic heterocycles. The zero-order valence-corrected chi connectivity index (χ0v) is 23.0. The lowest BCUT2D eigenvalue weighted by Gasteiger charge is -2.12. The van der Waals surface area contributed by atoms with E-state index in [1.165, 1.54) is 32.3 Å². The Balaban J connectivity index is 1.32. The molecule has 2 heterocycles. The monoisotopic (exact) mass is 549 g/mol. The molecule has 0 amide bonds. The van der Waals surface area contributed by atoms with Crippen LogP contribution in [0.3, 0.4) is 0 Å². The van der Waals surface area contributed by atoms with Gasteiger partial charge in [0.05, 0.1) is 5.56 Å². The predicted octanol–water partition coefficient (Wildman–Crippen LogP) is 10.2. The summed E-state index contributed by atoms with van der Waals surface area (Å²) in [5.74, 6) is 1.82. The van der Waals surface area contributed by atoms with Crippen LogP contribution in [0.15, 0.2) is 144 Å². The van der Waals surface area contributed by atoms with Crippen LogP contribution in [0.25, 0.3) is 88.4 Å². The first-order chi connectivity index (χ1) is 21.3. The molecule has 2 aromatic heterocycles. The van der Waals surface area contributed by atoms with Crippen molar-refractivity contribution in [1.29, 1.82) is 0 Å². The summed E-state index contributed by atoms with van der Waals surface area (Å²) in [5, 5.41) is 9.44. The number of aromatic nitrogens is 3. The van der Waals surface area contributed by atoms with Gasteiger partial charge in [-0.05, 0) is 50.5 Å². The van der Waals surface area contributed by atoms with Crippen LogP contribution < -0.4 is 0 Å². The molecule has 0 saturated carbocycles. The average molecular weight is 550 g/mol. The van der Waals surface area contributed by atoms with E-state index >= 15 is 0 Å². The molecule has 9 aromatic rings. The highest BCUT2D eigenvalue weighted by Crippen LogP contribution is 2.38. The number of hydrogen-bond acceptors (Lipinski definition) is 4. The fourth-order valence-electron chi connectivity index (χ4n) is 6.31. The van der Waals surface area contributed by atoms with E-state index in [2.05, 4.69) is 78.9 Å². The van der Waals surface area contributed by atoms with Crippen molar-refractivity contribution >= 4 is 54.3 Å². The Bertz CT molecular complexity index is 2480. The van der Waals surface area contributed by atoms with Gasteiger partial charge in [0, 0.05) is 21.9 Å². The first kappa shape index (κ1) is 23.8. The van der Waals surface area contributed by atoms with Gasteiger partial charge < -0.3 is 4.42 Å². The summed E-state index contributed by atoms with van der Waals surface area (Å²) < 4.78 is 6.38. The lowest BCUT2D eigenvalue weighted by atomic mass is 9.93. The Hall–Kier alpha value is -5.87. The molecule has 0 unspecified atom stereocenters. The van der Waals surface area contributed by atoms with Crippen molar-refractivity contribution in [1.82, 2.24) is 15.0 Å². The SMILES string of the molecule is c1ccc(-c2nc(-c3ccc4c5ccccc5c5ccccc5c4c3)nc(-c3cccc4c3oc3ccccc34)n2)cc1. The van der Waals surface area contributed by atoms with Crippen molar-refractivity contribution in [2.24, 2.45) is 0 Å². The van der Waals surface area contributed by atoms with Gasteiger partial charge in [-0.25, -0.2) is 15.0 Å². The van der Waals surface area contributed by atoms with Crippen molar-refractivity contribution in [3.05, 3.63) is 140 Å². The fourth-order valence-corrected chi connectivity index (χ4v) is 6.31. The molecule has 0 aliphatic carbocycles. The maximum Gasteiger partial charge on any atom is 0.167 e. The van der Waals surface area contributed by atoms with Gasteiger partial charge in [-0.3, -0.25) is 0 Å². The summed E-state index contributed by atoms with van der Waals surface area (Å²) in [6.45, 7) is 0. The average Bonchev–Trinajstić information content (AvgIpc) is 3.47. The summed E-state index contributed by atoms with van der Waals surface area (Å²) in [4.78, 5) is 15.1. The minimum atomic E-state index is 0.581. The van der Waals surface area contributed by atoms with Gasteiger partial charge in [-0.1, -0.05) is 121 Å². The summed E-state index contributed by atoms with van der Waals surface area (Å²) in [6, 6.07) is 48.1. The van der Waals surface area contributed by atoms with Crippen LogP contribution in [0, 0.1) is 0 Å². The van der Waals surface area contributed by atoms with Gasteiger partial charge in [-0.2, -0.15) is 0 Å². The second kappa shape index (κ2) is 9.33. The number of hydrogen-bond donors (Lipinski definition) is 0. The van der Waals surface area contributed by atoms with Gasteiger partial charge in [0.1, 0.15) is 11.2 Å². The van der Waals surface area contributed by atoms with Crippen molar-refractivity contribution in [3.63, 3.8) is 0 Å². The minimum Gasteiger partial charge on any atom is -0.455 e. The summed E-state index contributed by atoms with van der Waals surface area (Å²) in [5.41, 5.74) is 4.32. The van der Waals surface area contributed by atoms with E-state index in [1.54, 1.807) is 0 Å². The molecule has 0 radical (unpaired) electrons. The number of nitrogens with zero attached hydrogens (tertiary/aromatic N) is 3. The van der Waals surface area contributed by atoms with Gasteiger partial charge in [0.2, 0.25) is 0 Å². The van der Waals surface area contributed by atoms with E-state index in [0.717, 1.165) is 38.6 Å². The summed E-state index contributed by atoms with van der Waals surface area (Å²) in [6.07, 6.45) is 0. The topological polar surface area (TPSA) is 51.8 Å². The normalized spacial score (nSPS) is 11.7. The highest BCUT2D eigenvalue weighted by Gasteiger charge is 2.18. The van der Waals surface area contributed by atoms with E-state index in [4.69, 9.17) is 19.4 Å². The smallest absolute Gasteiger partial charge is 0.167 e. The van der Waals surface area contributed by atoms with Crippen molar-refractivity contribution < 1.29 is 4.42 Å². The quantitative estimate of drug-likeness (QED) is 0.206. The standard InChI is InChI=1S/C39H23N3O/c1-2-11-24(12-3-1)37-40-38(42-39(41-37)33-19-10-18-32-31-17-8-9-20-35(31)43-36(32)33)25-21-22-30-28-15-5-4-13-26(28)27-14-6-7-16-29(27)34(30)23-25/h1-23H. The molecule has 0 fully saturated rings. The molecule has 43 heavy (non-hydrogen) atoms. The van der Waals surface area contributed by atoms with Crippen LogP contribution >= 0.6 is 0 Å². The zero-order valence-electron chi connectivity index (χ0n) is 23.0. The molecule has 4 nitrogen and oxygen atoms in total. The molecule has 9 rings (SSSR count). The van der Waals surface area contributed by atoms with Gasteiger partial charge >= 0.3 is 0 Å². The Kier molecular flexibility index (Phi) is 5.16. The van der Waals surface area contributed by atoms with E-state index in [-0.39, 0.29) is 0 Å². The van der Waals surface area contributed by atoms with Crippen LogP contribution in [0.2, 0.25) is 0 Å². The zero-order chi connectivity index (χ0) is 28.3. The van der Waals surface area contributed by atoms with Crippen LogP contribution in [-0.4, -0.2) is 15.0 Å². The Morgan fingerprint density at radius 2 is 0.884 bits per heavy atom. The molecule has 0 spiro atoms. The van der Waals surface area contributed by atoms with E-state index in [1.807, 2.05) is 60.7 Å². The number of fused-ring (bicyclic) bond motifs is 9. The van der Waals surface area contributed by atoms with Crippen LogP contribution in [0.4, 0.5) is 0 Å². The van der Waals surface area contributed by atoms with Gasteiger partial charge in [0.25, 0.3) is 0 Å². The minimum absolute atomic E-state index is 0.581. The Morgan fingerprint density at radius 3 is 1.60 bits per heavy atom. The van der Waals surface area contributed by atoms with Gasteiger partial charge in [0.15, 0.2) is 17.5 Å². The third kappa shape index (κ3) is 3.74. The van der Waals surface area contributed by atoms with E-state index in [9.17, 15) is 0 Å². The fraction of sp³-hybridized carbons (Fsp3) is 0. The molecular formula is C39H23N3O. The predicted molar refractivity (Wildman–Crippen MR) is 176 cm³/mol. The van der Waals surface area contributed by atoms with Crippen LogP contribution in [-0.2, 0) is 0 Å². The third-order valence-corrected chi connectivity index (χ3v) is 8.31. The van der Waals surface area contributed by atoms with Crippen molar-refractivity contribution in [2.75, 3.05) is 0 Å². The second-order valence-electron chi connectivity index (χ2n) is 10.8. The molecular weight excluding hydrogens is 526 g/mol. The lowest BCUT2D eigenvalue weighted by Crippen LogP contribution is -2.00. The molecule has 0 atom stereocenters. The summed E-state index contributed by atoms with van der Waals surface area (Å²) >= 11 is 0. The molecule has 7 aromatic carbocycles. The Labute approximate surface area is 246 Å². The summed E-state index contributed by atoms with van der Waals surface area (Å²) in [7, 11) is 0. The van der Waals surface area contributed by atoms with Crippen LogP contribution in [0.5, 0.6) is 0 Å². The lowest BCUT2D eigenvalue weighted by molar-refractivity contribution is 0.669. The highest BCUT2D eigenvalue weighted by molar-refractivity contribution is 6.25. The largest absolute Gasteiger partial charge is 0.455 e. The van der Waals surface area contributed by atoms with Crippen LogP contribution in [0.1, 0.15) is 0 Å². The molecule has 0 bridgehead atoms. The first-order valence-corrected chi connectivity index (χ1v) is 14.4. The first-order valence-electron chi connectivity index (χ1n) is 14.4. The van der Waals surface area contributed by atoms with E-state index in [0.29, 0.717) is 17.5 Å². The third-order valence-electron chi connectivity index (χ3n) is 8.31. The molecule has 0 N–H and O–H groups in total. The van der Waals surface area contributed by atoms with Crippen molar-refractivity contribution in [2.45, 2.75) is 0 Å². The second-order valence-corrected chi connectivity index (χ2v) is 10.8. The number of rotatable bonds is 3. The maximum atomic E-state index is 6.38. The molecule has 200 valence electrons. The maximum absolute atomic E-state index is 6.38. The van der Waals surface area contributed by atoms with E-state index < -0.39 is 0 Å². The number of furan rings is 1. The number of para-hydroxylation sites is 2. The molecule has 0 saturated heterocycles. The molecule has 0 aliphatic rings.